The second-order valence-electron chi connectivity index (χ2n) is 5.87. The van der Waals surface area contributed by atoms with Crippen molar-refractivity contribution in [2.24, 2.45) is 0 Å². The molecule has 3 rings (SSSR count). The van der Waals surface area contributed by atoms with E-state index in [1.165, 1.54) is 21.8 Å². The summed E-state index contributed by atoms with van der Waals surface area (Å²) < 4.78 is 27.9. The predicted molar refractivity (Wildman–Crippen MR) is 100 cm³/mol. The number of aryl methyl sites for hydroxylation is 2. The second-order valence-corrected chi connectivity index (χ2v) is 10.1. The highest BCUT2D eigenvalue weighted by Gasteiger charge is 2.32. The van der Waals surface area contributed by atoms with Crippen molar-refractivity contribution in [1.82, 2.24) is 14.2 Å². The summed E-state index contributed by atoms with van der Waals surface area (Å²) in [6.45, 7) is 5.05. The van der Waals surface area contributed by atoms with Crippen molar-refractivity contribution in [3.05, 3.63) is 44.3 Å². The number of rotatable bonds is 3. The molecule has 1 aliphatic heterocycles. The van der Waals surface area contributed by atoms with Gasteiger partial charge in [0.1, 0.15) is 0 Å². The Morgan fingerprint density at radius 3 is 2.40 bits per heavy atom. The van der Waals surface area contributed by atoms with Gasteiger partial charge in [-0.05, 0) is 41.9 Å². The second kappa shape index (κ2) is 7.14. The smallest absolute Gasteiger partial charge is 0.255 e. The SMILES string of the molecule is Cc1cc(S(=O)(=O)N2CCN(C(=O)c3cncc(Br)c3)CC2)c(C)s1. The third-order valence-electron chi connectivity index (χ3n) is 4.09. The Labute approximate surface area is 159 Å². The van der Waals surface area contributed by atoms with E-state index >= 15 is 0 Å². The molecule has 0 atom stereocenters. The molecule has 0 saturated carbocycles. The Hall–Kier alpha value is -1.29. The standard InChI is InChI=1S/C16H18BrN3O3S2/c1-11-7-15(12(2)24-11)25(22,23)20-5-3-19(4-6-20)16(21)13-8-14(17)10-18-9-13/h7-10H,3-6H2,1-2H3. The molecule has 3 heterocycles. The van der Waals surface area contributed by atoms with Crippen molar-refractivity contribution in [2.45, 2.75) is 18.7 Å². The molecule has 6 nitrogen and oxygen atoms in total. The van der Waals surface area contributed by atoms with Gasteiger partial charge in [-0.1, -0.05) is 0 Å². The molecule has 0 bridgehead atoms. The van der Waals surface area contributed by atoms with Gasteiger partial charge in [0.05, 0.1) is 10.5 Å². The summed E-state index contributed by atoms with van der Waals surface area (Å²) in [5, 5.41) is 0. The minimum absolute atomic E-state index is 0.131. The molecular weight excluding hydrogens is 426 g/mol. The number of hydrogen-bond donors (Lipinski definition) is 0. The van der Waals surface area contributed by atoms with E-state index in [9.17, 15) is 13.2 Å². The zero-order valence-corrected chi connectivity index (χ0v) is 17.1. The maximum absolute atomic E-state index is 12.8. The highest BCUT2D eigenvalue weighted by molar-refractivity contribution is 9.10. The fourth-order valence-electron chi connectivity index (χ4n) is 2.85. The van der Waals surface area contributed by atoms with Crippen LogP contribution in [0.2, 0.25) is 0 Å². The average molecular weight is 444 g/mol. The first kappa shape index (κ1) is 18.5. The molecule has 1 fully saturated rings. The minimum atomic E-state index is -3.51. The number of amides is 1. The van der Waals surface area contributed by atoms with Crippen molar-refractivity contribution < 1.29 is 13.2 Å². The first-order valence-electron chi connectivity index (χ1n) is 7.76. The van der Waals surface area contributed by atoms with Gasteiger partial charge in [-0.3, -0.25) is 9.78 Å². The van der Waals surface area contributed by atoms with Gasteiger partial charge in [0.2, 0.25) is 10.0 Å². The molecule has 9 heteroatoms. The van der Waals surface area contributed by atoms with Gasteiger partial charge in [0.25, 0.3) is 5.91 Å². The van der Waals surface area contributed by atoms with Gasteiger partial charge < -0.3 is 4.90 Å². The third kappa shape index (κ3) is 3.79. The molecule has 0 unspecified atom stereocenters. The number of carbonyl (C=O) groups excluding carboxylic acids is 1. The zero-order chi connectivity index (χ0) is 18.2. The summed E-state index contributed by atoms with van der Waals surface area (Å²) in [5.74, 6) is -0.131. The van der Waals surface area contributed by atoms with Gasteiger partial charge in [0.15, 0.2) is 0 Å². The van der Waals surface area contributed by atoms with Crippen LogP contribution in [-0.4, -0.2) is 54.7 Å². The summed E-state index contributed by atoms with van der Waals surface area (Å²) in [6.07, 6.45) is 3.14. The van der Waals surface area contributed by atoms with Gasteiger partial charge >= 0.3 is 0 Å². The van der Waals surface area contributed by atoms with Crippen LogP contribution in [0.4, 0.5) is 0 Å². The number of hydrogen-bond acceptors (Lipinski definition) is 5. The number of aromatic nitrogens is 1. The van der Waals surface area contributed by atoms with Gasteiger partial charge in [0, 0.05) is 52.8 Å². The summed E-state index contributed by atoms with van der Waals surface area (Å²) in [7, 11) is -3.51. The summed E-state index contributed by atoms with van der Waals surface area (Å²) in [4.78, 5) is 20.4. The Kier molecular flexibility index (Phi) is 5.29. The lowest BCUT2D eigenvalue weighted by Gasteiger charge is -2.34. The van der Waals surface area contributed by atoms with Crippen LogP contribution in [0.1, 0.15) is 20.1 Å². The molecule has 1 saturated heterocycles. The minimum Gasteiger partial charge on any atom is -0.336 e. The fraction of sp³-hybridized carbons (Fsp3) is 0.375. The van der Waals surface area contributed by atoms with Crippen molar-refractivity contribution in [3.63, 3.8) is 0 Å². The molecule has 0 aromatic carbocycles. The lowest BCUT2D eigenvalue weighted by Crippen LogP contribution is -2.50. The predicted octanol–water partition coefficient (Wildman–Crippen LogP) is 2.67. The molecule has 134 valence electrons. The number of nitrogens with zero attached hydrogens (tertiary/aromatic N) is 3. The summed E-state index contributed by atoms with van der Waals surface area (Å²) in [5.41, 5.74) is 0.495. The topological polar surface area (TPSA) is 70.6 Å². The maximum atomic E-state index is 12.8. The number of thiophene rings is 1. The van der Waals surface area contributed by atoms with E-state index in [4.69, 9.17) is 0 Å². The average Bonchev–Trinajstić information content (AvgIpc) is 2.93. The molecule has 2 aromatic heterocycles. The number of sulfonamides is 1. The molecule has 2 aromatic rings. The van der Waals surface area contributed by atoms with E-state index < -0.39 is 10.0 Å². The Balaban J connectivity index is 1.71. The van der Waals surface area contributed by atoms with Crippen LogP contribution in [0.3, 0.4) is 0 Å². The molecule has 0 spiro atoms. The summed E-state index contributed by atoms with van der Waals surface area (Å²) >= 11 is 4.79. The van der Waals surface area contributed by atoms with Gasteiger partial charge in [-0.25, -0.2) is 8.42 Å². The van der Waals surface area contributed by atoms with Crippen LogP contribution in [0.5, 0.6) is 0 Å². The van der Waals surface area contributed by atoms with E-state index in [0.29, 0.717) is 36.6 Å². The highest BCUT2D eigenvalue weighted by Crippen LogP contribution is 2.28. The fourth-order valence-corrected chi connectivity index (χ4v) is 6.16. The van der Waals surface area contributed by atoms with E-state index in [-0.39, 0.29) is 5.91 Å². The van der Waals surface area contributed by atoms with E-state index in [1.54, 1.807) is 23.2 Å². The van der Waals surface area contributed by atoms with Crippen LogP contribution >= 0.6 is 27.3 Å². The van der Waals surface area contributed by atoms with Crippen LogP contribution < -0.4 is 0 Å². The number of carbonyl (C=O) groups is 1. The Morgan fingerprint density at radius 1 is 1.16 bits per heavy atom. The molecule has 1 amide bonds. The lowest BCUT2D eigenvalue weighted by molar-refractivity contribution is 0.0697. The largest absolute Gasteiger partial charge is 0.336 e. The number of pyridine rings is 1. The molecule has 25 heavy (non-hydrogen) atoms. The van der Waals surface area contributed by atoms with Crippen molar-refractivity contribution in [2.75, 3.05) is 26.2 Å². The van der Waals surface area contributed by atoms with Crippen molar-refractivity contribution >= 4 is 43.2 Å². The normalized spacial score (nSPS) is 16.2. The first-order valence-corrected chi connectivity index (χ1v) is 10.8. The van der Waals surface area contributed by atoms with E-state index in [0.717, 1.165) is 14.2 Å². The quantitative estimate of drug-likeness (QED) is 0.730. The van der Waals surface area contributed by atoms with Crippen molar-refractivity contribution in [3.8, 4) is 0 Å². The number of piperazine rings is 1. The highest BCUT2D eigenvalue weighted by atomic mass is 79.9. The van der Waals surface area contributed by atoms with E-state index in [1.807, 2.05) is 13.8 Å². The van der Waals surface area contributed by atoms with Gasteiger partial charge in [-0.2, -0.15) is 4.31 Å². The molecular formula is C16H18BrN3O3S2. The Morgan fingerprint density at radius 2 is 1.84 bits per heavy atom. The van der Waals surface area contributed by atoms with Crippen LogP contribution in [0.25, 0.3) is 0 Å². The summed E-state index contributed by atoms with van der Waals surface area (Å²) in [6, 6.07) is 3.44. The monoisotopic (exact) mass is 443 g/mol. The van der Waals surface area contributed by atoms with Crippen LogP contribution in [0, 0.1) is 13.8 Å². The molecule has 0 radical (unpaired) electrons. The van der Waals surface area contributed by atoms with Crippen LogP contribution in [0.15, 0.2) is 33.9 Å². The molecule has 0 aliphatic carbocycles. The molecule has 0 N–H and O–H groups in total. The lowest BCUT2D eigenvalue weighted by atomic mass is 10.2. The zero-order valence-electron chi connectivity index (χ0n) is 13.9. The maximum Gasteiger partial charge on any atom is 0.255 e. The van der Waals surface area contributed by atoms with Gasteiger partial charge in [-0.15, -0.1) is 11.3 Å². The number of halogens is 1. The third-order valence-corrected chi connectivity index (χ3v) is 7.64. The Bertz CT molecular complexity index is 903. The van der Waals surface area contributed by atoms with E-state index in [2.05, 4.69) is 20.9 Å². The first-order chi connectivity index (χ1) is 11.8. The molecule has 1 aliphatic rings. The van der Waals surface area contributed by atoms with Crippen LogP contribution in [-0.2, 0) is 10.0 Å². The van der Waals surface area contributed by atoms with Crippen molar-refractivity contribution in [1.29, 1.82) is 0 Å².